The third-order valence-corrected chi connectivity index (χ3v) is 3.12. The molecule has 2 aromatic rings. The van der Waals surface area contributed by atoms with E-state index in [-0.39, 0.29) is 0 Å². The first-order valence-corrected chi connectivity index (χ1v) is 5.96. The summed E-state index contributed by atoms with van der Waals surface area (Å²) >= 11 is 12.1. The monoisotopic (exact) mass is 267 g/mol. The first-order chi connectivity index (χ1) is 8.18. The van der Waals surface area contributed by atoms with Crippen LogP contribution in [0.15, 0.2) is 42.6 Å². The maximum Gasteiger partial charge on any atom is 0.0874 e. The van der Waals surface area contributed by atoms with Crippen molar-refractivity contribution in [3.8, 4) is 0 Å². The summed E-state index contributed by atoms with van der Waals surface area (Å²) in [5.74, 6) is 0. The minimum Gasteiger partial charge on any atom is -0.388 e. The molecule has 2 rings (SSSR count). The van der Waals surface area contributed by atoms with Crippen LogP contribution >= 0.6 is 23.2 Å². The predicted octanol–water partition coefficient (Wildman–Crippen LogP) is 3.66. The van der Waals surface area contributed by atoms with Gasteiger partial charge in [0.15, 0.2) is 0 Å². The predicted molar refractivity (Wildman–Crippen MR) is 69.4 cm³/mol. The molecule has 88 valence electrons. The van der Waals surface area contributed by atoms with Crippen molar-refractivity contribution < 1.29 is 5.11 Å². The smallest absolute Gasteiger partial charge is 0.0874 e. The summed E-state index contributed by atoms with van der Waals surface area (Å²) in [4.78, 5) is 4.16. The van der Waals surface area contributed by atoms with Gasteiger partial charge in [-0.3, -0.25) is 4.98 Å². The van der Waals surface area contributed by atoms with E-state index in [4.69, 9.17) is 23.2 Å². The fraction of sp³-hybridized carbons (Fsp3) is 0.154. The van der Waals surface area contributed by atoms with Crippen LogP contribution < -0.4 is 0 Å². The SMILES string of the molecule is OC(Cc1ccccn1)c1c(Cl)cccc1Cl. The number of hydrogen-bond acceptors (Lipinski definition) is 2. The zero-order chi connectivity index (χ0) is 12.3. The number of aliphatic hydroxyl groups is 1. The number of hydrogen-bond donors (Lipinski definition) is 1. The Kier molecular flexibility index (Phi) is 4.00. The van der Waals surface area contributed by atoms with Crippen LogP contribution in [0.3, 0.4) is 0 Å². The Bertz CT molecular complexity index is 482. The van der Waals surface area contributed by atoms with Crippen LogP contribution in [0, 0.1) is 0 Å². The van der Waals surface area contributed by atoms with E-state index < -0.39 is 6.10 Å². The minimum atomic E-state index is -0.744. The van der Waals surface area contributed by atoms with Crippen molar-refractivity contribution in [3.05, 3.63) is 63.9 Å². The third kappa shape index (κ3) is 2.97. The topological polar surface area (TPSA) is 33.1 Å². The molecular weight excluding hydrogens is 257 g/mol. The number of aromatic nitrogens is 1. The van der Waals surface area contributed by atoms with Gasteiger partial charge in [0.2, 0.25) is 0 Å². The molecule has 0 bridgehead atoms. The Hall–Kier alpha value is -1.09. The average molecular weight is 268 g/mol. The molecule has 4 heteroatoms. The standard InChI is InChI=1S/C13H11Cl2NO/c14-10-5-3-6-11(15)13(10)12(17)8-9-4-1-2-7-16-9/h1-7,12,17H,8H2. The summed E-state index contributed by atoms with van der Waals surface area (Å²) in [5.41, 5.74) is 1.36. The molecule has 0 spiro atoms. The van der Waals surface area contributed by atoms with Gasteiger partial charge in [-0.05, 0) is 24.3 Å². The molecule has 1 atom stereocenters. The summed E-state index contributed by atoms with van der Waals surface area (Å²) in [6.07, 6.45) is 1.34. The Balaban J connectivity index is 2.23. The average Bonchev–Trinajstić information content (AvgIpc) is 2.30. The van der Waals surface area contributed by atoms with Crippen LogP contribution in [-0.2, 0) is 6.42 Å². The third-order valence-electron chi connectivity index (χ3n) is 2.46. The molecular formula is C13H11Cl2NO. The zero-order valence-corrected chi connectivity index (χ0v) is 10.5. The molecule has 1 unspecified atom stereocenters. The second-order valence-corrected chi connectivity index (χ2v) is 4.49. The van der Waals surface area contributed by atoms with Gasteiger partial charge in [0, 0.05) is 33.9 Å². The van der Waals surface area contributed by atoms with Gasteiger partial charge >= 0.3 is 0 Å². The number of nitrogens with zero attached hydrogens (tertiary/aromatic N) is 1. The maximum atomic E-state index is 10.1. The molecule has 0 aliphatic rings. The molecule has 17 heavy (non-hydrogen) atoms. The van der Waals surface area contributed by atoms with Crippen molar-refractivity contribution in [1.29, 1.82) is 0 Å². The van der Waals surface area contributed by atoms with Gasteiger partial charge in [0.25, 0.3) is 0 Å². The number of benzene rings is 1. The fourth-order valence-electron chi connectivity index (χ4n) is 1.65. The van der Waals surface area contributed by atoms with E-state index in [0.29, 0.717) is 22.0 Å². The summed E-state index contributed by atoms with van der Waals surface area (Å²) in [7, 11) is 0. The molecule has 0 aliphatic heterocycles. The lowest BCUT2D eigenvalue weighted by Crippen LogP contribution is -2.04. The van der Waals surface area contributed by atoms with Crippen molar-refractivity contribution in [2.24, 2.45) is 0 Å². The van der Waals surface area contributed by atoms with E-state index in [9.17, 15) is 5.11 Å². The van der Waals surface area contributed by atoms with Gasteiger partial charge in [-0.15, -0.1) is 0 Å². The highest BCUT2D eigenvalue weighted by molar-refractivity contribution is 6.36. The Labute approximate surface area is 110 Å². The first kappa shape index (κ1) is 12.4. The van der Waals surface area contributed by atoms with Gasteiger partial charge in [0.05, 0.1) is 6.10 Å². The molecule has 1 heterocycles. The van der Waals surface area contributed by atoms with E-state index in [1.54, 1.807) is 24.4 Å². The lowest BCUT2D eigenvalue weighted by atomic mass is 10.0. The second-order valence-electron chi connectivity index (χ2n) is 3.68. The fourth-order valence-corrected chi connectivity index (χ4v) is 2.30. The first-order valence-electron chi connectivity index (χ1n) is 5.20. The van der Waals surface area contributed by atoms with E-state index in [1.165, 1.54) is 0 Å². The molecule has 1 aromatic heterocycles. The highest BCUT2D eigenvalue weighted by Gasteiger charge is 2.16. The molecule has 0 radical (unpaired) electrons. The highest BCUT2D eigenvalue weighted by atomic mass is 35.5. The Morgan fingerprint density at radius 1 is 1.06 bits per heavy atom. The molecule has 0 fully saturated rings. The van der Waals surface area contributed by atoms with Crippen LogP contribution in [0.4, 0.5) is 0 Å². The van der Waals surface area contributed by atoms with Crippen LogP contribution in [-0.4, -0.2) is 10.1 Å². The summed E-state index contributed by atoms with van der Waals surface area (Å²) in [5, 5.41) is 11.1. The second kappa shape index (κ2) is 5.50. The summed E-state index contributed by atoms with van der Waals surface area (Å²) in [6, 6.07) is 10.7. The number of rotatable bonds is 3. The molecule has 0 amide bonds. The number of aliphatic hydroxyl groups excluding tert-OH is 1. The van der Waals surface area contributed by atoms with Gasteiger partial charge in [-0.2, -0.15) is 0 Å². The van der Waals surface area contributed by atoms with E-state index in [2.05, 4.69) is 4.98 Å². The van der Waals surface area contributed by atoms with Crippen molar-refractivity contribution in [3.63, 3.8) is 0 Å². The van der Waals surface area contributed by atoms with Gasteiger partial charge in [0.1, 0.15) is 0 Å². The van der Waals surface area contributed by atoms with E-state index >= 15 is 0 Å². The van der Waals surface area contributed by atoms with Gasteiger partial charge in [-0.1, -0.05) is 35.3 Å². The van der Waals surface area contributed by atoms with E-state index in [1.807, 2.05) is 18.2 Å². The molecule has 0 saturated heterocycles. The summed E-state index contributed by atoms with van der Waals surface area (Å²) in [6.45, 7) is 0. The number of pyridine rings is 1. The largest absolute Gasteiger partial charge is 0.388 e. The van der Waals surface area contributed by atoms with Crippen molar-refractivity contribution >= 4 is 23.2 Å². The lowest BCUT2D eigenvalue weighted by molar-refractivity contribution is 0.177. The molecule has 0 aliphatic carbocycles. The van der Waals surface area contributed by atoms with Crippen molar-refractivity contribution in [2.45, 2.75) is 12.5 Å². The van der Waals surface area contributed by atoms with Crippen LogP contribution in [0.2, 0.25) is 10.0 Å². The Morgan fingerprint density at radius 2 is 1.76 bits per heavy atom. The maximum absolute atomic E-state index is 10.1. The molecule has 1 aromatic carbocycles. The van der Waals surface area contributed by atoms with Crippen molar-refractivity contribution in [1.82, 2.24) is 4.98 Å². The Morgan fingerprint density at radius 3 is 2.35 bits per heavy atom. The lowest BCUT2D eigenvalue weighted by Gasteiger charge is -2.13. The van der Waals surface area contributed by atoms with Crippen LogP contribution in [0.5, 0.6) is 0 Å². The quantitative estimate of drug-likeness (QED) is 0.921. The minimum absolute atomic E-state index is 0.393. The number of halogens is 2. The van der Waals surface area contributed by atoms with Gasteiger partial charge in [-0.25, -0.2) is 0 Å². The summed E-state index contributed by atoms with van der Waals surface area (Å²) < 4.78 is 0. The zero-order valence-electron chi connectivity index (χ0n) is 8.98. The van der Waals surface area contributed by atoms with E-state index in [0.717, 1.165) is 5.69 Å². The normalized spacial score (nSPS) is 12.4. The molecule has 2 nitrogen and oxygen atoms in total. The van der Waals surface area contributed by atoms with Crippen molar-refractivity contribution in [2.75, 3.05) is 0 Å². The van der Waals surface area contributed by atoms with Crippen LogP contribution in [0.25, 0.3) is 0 Å². The molecule has 0 saturated carbocycles. The molecule has 1 N–H and O–H groups in total. The highest BCUT2D eigenvalue weighted by Crippen LogP contribution is 2.31. The van der Waals surface area contributed by atoms with Gasteiger partial charge < -0.3 is 5.11 Å². The van der Waals surface area contributed by atoms with Crippen LogP contribution in [0.1, 0.15) is 17.4 Å².